The Balaban J connectivity index is 2.41. The van der Waals surface area contributed by atoms with E-state index in [0.717, 1.165) is 12.1 Å². The molecule has 1 atom stereocenters. The topological polar surface area (TPSA) is 113 Å². The van der Waals surface area contributed by atoms with E-state index in [-0.39, 0.29) is 42.6 Å². The number of nitrogens with zero attached hydrogens (tertiary/aromatic N) is 1. The molecule has 1 heterocycles. The summed E-state index contributed by atoms with van der Waals surface area (Å²) in [4.78, 5) is 32.8. The summed E-state index contributed by atoms with van der Waals surface area (Å²) in [5.41, 5.74) is 4.69. The minimum Gasteiger partial charge on any atom is -0.457 e. The van der Waals surface area contributed by atoms with Gasteiger partial charge >= 0.3 is 5.97 Å². The molecule has 0 saturated carbocycles. The first-order chi connectivity index (χ1) is 9.92. The van der Waals surface area contributed by atoms with Crippen LogP contribution in [0.3, 0.4) is 0 Å². The third-order valence-electron chi connectivity index (χ3n) is 3.24. The highest BCUT2D eigenvalue weighted by Crippen LogP contribution is 2.34. The van der Waals surface area contributed by atoms with Gasteiger partial charge in [0.25, 0.3) is 5.69 Å². The van der Waals surface area contributed by atoms with Crippen molar-refractivity contribution in [1.82, 2.24) is 0 Å². The molecule has 8 heteroatoms. The number of esters is 1. The van der Waals surface area contributed by atoms with Crippen molar-refractivity contribution in [2.45, 2.75) is 25.4 Å². The molecule has 1 aromatic rings. The van der Waals surface area contributed by atoms with Crippen molar-refractivity contribution < 1.29 is 23.6 Å². The average molecular weight is 296 g/mol. The van der Waals surface area contributed by atoms with Gasteiger partial charge in [0.15, 0.2) is 5.78 Å². The van der Waals surface area contributed by atoms with Crippen molar-refractivity contribution in [3.63, 3.8) is 0 Å². The van der Waals surface area contributed by atoms with E-state index in [0.29, 0.717) is 0 Å². The van der Waals surface area contributed by atoms with Crippen molar-refractivity contribution >= 4 is 17.4 Å². The SMILES string of the molecule is NCC(=O)Cc1cc(F)c(C2CCC(=O)O2)cc1[N+](=O)[O-]. The smallest absolute Gasteiger partial charge is 0.306 e. The number of carbonyl (C=O) groups excluding carboxylic acids is 2. The second-order valence-corrected chi connectivity index (χ2v) is 4.70. The summed E-state index contributed by atoms with van der Waals surface area (Å²) in [6, 6.07) is 1.96. The fourth-order valence-corrected chi connectivity index (χ4v) is 2.21. The van der Waals surface area contributed by atoms with E-state index in [1.54, 1.807) is 0 Å². The van der Waals surface area contributed by atoms with Gasteiger partial charge in [0.05, 0.1) is 11.5 Å². The maximum Gasteiger partial charge on any atom is 0.306 e. The maximum atomic E-state index is 14.1. The molecule has 7 nitrogen and oxygen atoms in total. The molecule has 1 fully saturated rings. The fraction of sp³-hybridized carbons (Fsp3) is 0.385. The second-order valence-electron chi connectivity index (χ2n) is 4.70. The summed E-state index contributed by atoms with van der Waals surface area (Å²) in [6.45, 7) is -0.277. The first-order valence-corrected chi connectivity index (χ1v) is 6.30. The Labute approximate surface area is 119 Å². The third kappa shape index (κ3) is 3.22. The van der Waals surface area contributed by atoms with Gasteiger partial charge < -0.3 is 10.5 Å². The number of halogens is 1. The summed E-state index contributed by atoms with van der Waals surface area (Å²) in [5, 5.41) is 11.1. The molecule has 0 aliphatic carbocycles. The largest absolute Gasteiger partial charge is 0.457 e. The maximum absolute atomic E-state index is 14.1. The second kappa shape index (κ2) is 5.96. The summed E-state index contributed by atoms with van der Waals surface area (Å²) < 4.78 is 19.0. The Morgan fingerprint density at radius 2 is 2.24 bits per heavy atom. The van der Waals surface area contributed by atoms with E-state index in [4.69, 9.17) is 10.5 Å². The van der Waals surface area contributed by atoms with Gasteiger partial charge in [-0.05, 0) is 12.5 Å². The van der Waals surface area contributed by atoms with Gasteiger partial charge in [0, 0.05) is 30.0 Å². The summed E-state index contributed by atoms with van der Waals surface area (Å²) in [5.74, 6) is -1.64. The molecule has 1 saturated heterocycles. The number of rotatable bonds is 5. The predicted molar refractivity (Wildman–Crippen MR) is 68.9 cm³/mol. The molecule has 0 spiro atoms. The minimum absolute atomic E-state index is 0.0407. The Bertz CT molecular complexity index is 617. The van der Waals surface area contributed by atoms with Crippen LogP contribution in [-0.2, 0) is 20.7 Å². The van der Waals surface area contributed by atoms with Crippen molar-refractivity contribution in [3.8, 4) is 0 Å². The van der Waals surface area contributed by atoms with Gasteiger partial charge in [-0.1, -0.05) is 0 Å². The van der Waals surface area contributed by atoms with Gasteiger partial charge in [-0.25, -0.2) is 4.39 Å². The average Bonchev–Trinajstić information content (AvgIpc) is 2.84. The van der Waals surface area contributed by atoms with Crippen LogP contribution in [0.2, 0.25) is 0 Å². The summed E-state index contributed by atoms with van der Waals surface area (Å²) >= 11 is 0. The van der Waals surface area contributed by atoms with E-state index >= 15 is 0 Å². The molecule has 0 aromatic heterocycles. The highest BCUT2D eigenvalue weighted by Gasteiger charge is 2.30. The first kappa shape index (κ1) is 15.0. The molecule has 1 aliphatic rings. The highest BCUT2D eigenvalue weighted by atomic mass is 19.1. The number of nitro groups is 1. The van der Waals surface area contributed by atoms with Crippen LogP contribution in [0.5, 0.6) is 0 Å². The van der Waals surface area contributed by atoms with Crippen LogP contribution in [0.25, 0.3) is 0 Å². The van der Waals surface area contributed by atoms with Gasteiger partial charge in [-0.3, -0.25) is 19.7 Å². The zero-order valence-corrected chi connectivity index (χ0v) is 11.0. The molecule has 0 amide bonds. The molecule has 2 N–H and O–H groups in total. The van der Waals surface area contributed by atoms with Crippen LogP contribution in [0, 0.1) is 15.9 Å². The molecule has 112 valence electrons. The molecular weight excluding hydrogens is 283 g/mol. The zero-order valence-electron chi connectivity index (χ0n) is 11.0. The van der Waals surface area contributed by atoms with Gasteiger partial charge in [0.1, 0.15) is 11.9 Å². The monoisotopic (exact) mass is 296 g/mol. The first-order valence-electron chi connectivity index (χ1n) is 6.30. The molecule has 0 bridgehead atoms. The van der Waals surface area contributed by atoms with Crippen molar-refractivity contribution in [2.24, 2.45) is 5.73 Å². The molecule has 1 aliphatic heterocycles. The molecule has 2 rings (SSSR count). The number of cyclic esters (lactones) is 1. The lowest BCUT2D eigenvalue weighted by Crippen LogP contribution is -2.17. The van der Waals surface area contributed by atoms with Crippen LogP contribution in [-0.4, -0.2) is 23.2 Å². The number of carbonyl (C=O) groups is 2. The van der Waals surface area contributed by atoms with Gasteiger partial charge in [0.2, 0.25) is 0 Å². The number of hydrogen-bond acceptors (Lipinski definition) is 6. The normalized spacial score (nSPS) is 17.6. The predicted octanol–water partition coefficient (Wildman–Crippen LogP) is 1.18. The van der Waals surface area contributed by atoms with Crippen LogP contribution in [0.4, 0.5) is 10.1 Å². The Morgan fingerprint density at radius 3 is 2.76 bits per heavy atom. The number of hydrogen-bond donors (Lipinski definition) is 1. The van der Waals surface area contributed by atoms with Crippen molar-refractivity contribution in [2.75, 3.05) is 6.54 Å². The molecular formula is C13H13FN2O5. The van der Waals surface area contributed by atoms with Crippen LogP contribution >= 0.6 is 0 Å². The molecule has 1 aromatic carbocycles. The van der Waals surface area contributed by atoms with E-state index in [1.807, 2.05) is 0 Å². The molecule has 0 radical (unpaired) electrons. The number of ether oxygens (including phenoxy) is 1. The van der Waals surface area contributed by atoms with E-state index < -0.39 is 28.6 Å². The van der Waals surface area contributed by atoms with Crippen LogP contribution in [0.1, 0.15) is 30.1 Å². The lowest BCUT2D eigenvalue weighted by atomic mass is 9.99. The lowest BCUT2D eigenvalue weighted by molar-refractivity contribution is -0.385. The zero-order chi connectivity index (χ0) is 15.6. The number of ketones is 1. The number of nitro benzene ring substituents is 1. The standard InChI is InChI=1S/C13H13FN2O5/c14-10-4-7(3-8(17)6-15)11(16(19)20)5-9(10)12-1-2-13(18)21-12/h4-5,12H,1-3,6,15H2. The summed E-state index contributed by atoms with van der Waals surface area (Å²) in [6.07, 6.45) is -0.719. The Morgan fingerprint density at radius 1 is 1.52 bits per heavy atom. The van der Waals surface area contributed by atoms with E-state index in [2.05, 4.69) is 0 Å². The molecule has 1 unspecified atom stereocenters. The lowest BCUT2D eigenvalue weighted by Gasteiger charge is -2.12. The van der Waals surface area contributed by atoms with Crippen LogP contribution < -0.4 is 5.73 Å². The fourth-order valence-electron chi connectivity index (χ4n) is 2.21. The quantitative estimate of drug-likeness (QED) is 0.496. The number of benzene rings is 1. The van der Waals surface area contributed by atoms with E-state index in [9.17, 15) is 24.1 Å². The third-order valence-corrected chi connectivity index (χ3v) is 3.24. The van der Waals surface area contributed by atoms with E-state index in [1.165, 1.54) is 0 Å². The molecule has 21 heavy (non-hydrogen) atoms. The van der Waals surface area contributed by atoms with Gasteiger partial charge in [-0.15, -0.1) is 0 Å². The highest BCUT2D eigenvalue weighted by molar-refractivity contribution is 5.83. The van der Waals surface area contributed by atoms with Gasteiger partial charge in [-0.2, -0.15) is 0 Å². The number of Topliss-reactive ketones (excluding diaryl/α,β-unsaturated/α-hetero) is 1. The van der Waals surface area contributed by atoms with Crippen molar-refractivity contribution in [3.05, 3.63) is 39.2 Å². The van der Waals surface area contributed by atoms with Crippen molar-refractivity contribution in [1.29, 1.82) is 0 Å². The number of nitrogens with two attached hydrogens (primary N) is 1. The Hall–Kier alpha value is -2.35. The Kier molecular flexibility index (Phi) is 4.27. The summed E-state index contributed by atoms with van der Waals surface area (Å²) in [7, 11) is 0. The minimum atomic E-state index is -0.824. The van der Waals surface area contributed by atoms with Crippen LogP contribution in [0.15, 0.2) is 12.1 Å².